The third-order valence-electron chi connectivity index (χ3n) is 2.82. The highest BCUT2D eigenvalue weighted by Crippen LogP contribution is 2.21. The van der Waals surface area contributed by atoms with E-state index in [1.54, 1.807) is 0 Å². The smallest absolute Gasteiger partial charge is 0.338 e. The van der Waals surface area contributed by atoms with Crippen LogP contribution in [0.15, 0.2) is 23.1 Å². The average molecular weight is 272 g/mol. The minimum absolute atomic E-state index is 0.147. The van der Waals surface area contributed by atoms with E-state index in [0.717, 1.165) is 25.0 Å². The van der Waals surface area contributed by atoms with Crippen LogP contribution in [-0.2, 0) is 15.5 Å². The van der Waals surface area contributed by atoms with Crippen molar-refractivity contribution in [2.24, 2.45) is 0 Å². The molecule has 0 spiro atoms. The molecule has 1 saturated heterocycles. The highest BCUT2D eigenvalue weighted by molar-refractivity contribution is 7.85. The Balaban J connectivity index is 2.24. The number of hydrogen-bond acceptors (Lipinski definition) is 3. The molecule has 2 atom stereocenters. The zero-order chi connectivity index (χ0) is 13.1. The molecule has 2 rings (SSSR count). The number of ether oxygens (including phenoxy) is 1. The Morgan fingerprint density at radius 2 is 2.28 bits per heavy atom. The molecule has 98 valence electrons. The third kappa shape index (κ3) is 2.76. The lowest BCUT2D eigenvalue weighted by molar-refractivity contribution is 0.0691. The van der Waals surface area contributed by atoms with Gasteiger partial charge in [-0.2, -0.15) is 0 Å². The van der Waals surface area contributed by atoms with Crippen molar-refractivity contribution < 1.29 is 23.2 Å². The standard InChI is InChI=1S/C12H13FO4S/c13-11-4-3-8(6-10(11)12(14)15)18(16)9-2-1-5-17-7-9/h3-4,6,9H,1-2,5,7H2,(H,14,15). The molecule has 0 bridgehead atoms. The molecule has 1 N–H and O–H groups in total. The minimum atomic E-state index is -1.36. The summed E-state index contributed by atoms with van der Waals surface area (Å²) in [5.41, 5.74) is -0.447. The Morgan fingerprint density at radius 1 is 1.50 bits per heavy atom. The molecule has 1 aromatic rings. The molecular weight excluding hydrogens is 259 g/mol. The van der Waals surface area contributed by atoms with Crippen LogP contribution in [0.25, 0.3) is 0 Å². The molecule has 18 heavy (non-hydrogen) atoms. The molecule has 0 aromatic heterocycles. The third-order valence-corrected chi connectivity index (χ3v) is 4.52. The molecular formula is C12H13FO4S. The van der Waals surface area contributed by atoms with Crippen LogP contribution >= 0.6 is 0 Å². The van der Waals surface area contributed by atoms with Crippen molar-refractivity contribution in [3.8, 4) is 0 Å². The number of carboxylic acids is 1. The Kier molecular flexibility index (Phi) is 4.08. The van der Waals surface area contributed by atoms with Crippen LogP contribution in [0, 0.1) is 5.82 Å². The van der Waals surface area contributed by atoms with Gasteiger partial charge in [0.05, 0.1) is 28.2 Å². The number of hydrogen-bond donors (Lipinski definition) is 1. The van der Waals surface area contributed by atoms with Gasteiger partial charge in [-0.1, -0.05) is 0 Å². The molecule has 2 unspecified atom stereocenters. The van der Waals surface area contributed by atoms with E-state index in [-0.39, 0.29) is 5.25 Å². The summed E-state index contributed by atoms with van der Waals surface area (Å²) < 4.78 is 30.7. The molecule has 1 aromatic carbocycles. The van der Waals surface area contributed by atoms with Crippen molar-refractivity contribution in [1.29, 1.82) is 0 Å². The second kappa shape index (κ2) is 5.58. The van der Waals surface area contributed by atoms with Crippen molar-refractivity contribution in [2.45, 2.75) is 23.0 Å². The summed E-state index contributed by atoms with van der Waals surface area (Å²) in [4.78, 5) is 11.1. The van der Waals surface area contributed by atoms with Crippen LogP contribution in [0.1, 0.15) is 23.2 Å². The SMILES string of the molecule is O=C(O)c1cc(S(=O)C2CCCOC2)ccc1F. The van der Waals surface area contributed by atoms with E-state index < -0.39 is 28.1 Å². The van der Waals surface area contributed by atoms with E-state index in [9.17, 15) is 13.4 Å². The summed E-state index contributed by atoms with van der Waals surface area (Å²) in [7, 11) is -1.36. The fourth-order valence-corrected chi connectivity index (χ4v) is 3.29. The van der Waals surface area contributed by atoms with Crippen molar-refractivity contribution in [3.63, 3.8) is 0 Å². The van der Waals surface area contributed by atoms with Gasteiger partial charge in [-0.05, 0) is 31.0 Å². The van der Waals surface area contributed by atoms with E-state index in [1.807, 2.05) is 0 Å². The number of aromatic carboxylic acids is 1. The Hall–Kier alpha value is -1.27. The van der Waals surface area contributed by atoms with E-state index in [0.29, 0.717) is 18.1 Å². The number of benzene rings is 1. The van der Waals surface area contributed by atoms with Gasteiger partial charge >= 0.3 is 5.97 Å². The molecule has 0 radical (unpaired) electrons. The summed E-state index contributed by atoms with van der Waals surface area (Å²) in [5.74, 6) is -2.17. The summed E-state index contributed by atoms with van der Waals surface area (Å²) in [6.45, 7) is 1.06. The van der Waals surface area contributed by atoms with E-state index in [4.69, 9.17) is 9.84 Å². The predicted molar refractivity (Wildman–Crippen MR) is 63.6 cm³/mol. The summed E-state index contributed by atoms with van der Waals surface area (Å²) in [6, 6.07) is 3.55. The van der Waals surface area contributed by atoms with Crippen molar-refractivity contribution in [3.05, 3.63) is 29.6 Å². The van der Waals surface area contributed by atoms with E-state index in [1.165, 1.54) is 6.07 Å². The van der Waals surface area contributed by atoms with Crippen LogP contribution < -0.4 is 0 Å². The van der Waals surface area contributed by atoms with Gasteiger partial charge in [-0.25, -0.2) is 9.18 Å². The van der Waals surface area contributed by atoms with Crippen LogP contribution in [0.3, 0.4) is 0 Å². The highest BCUT2D eigenvalue weighted by atomic mass is 32.2. The van der Waals surface area contributed by atoms with E-state index in [2.05, 4.69) is 0 Å². The molecule has 1 fully saturated rings. The molecule has 0 saturated carbocycles. The van der Waals surface area contributed by atoms with Gasteiger partial charge in [0.1, 0.15) is 5.82 Å². The lowest BCUT2D eigenvalue weighted by atomic mass is 10.2. The lowest BCUT2D eigenvalue weighted by Crippen LogP contribution is -2.27. The van der Waals surface area contributed by atoms with Gasteiger partial charge in [0.15, 0.2) is 0 Å². The largest absolute Gasteiger partial charge is 0.478 e. The maximum Gasteiger partial charge on any atom is 0.338 e. The molecule has 0 aliphatic carbocycles. The Morgan fingerprint density at radius 3 is 2.89 bits per heavy atom. The van der Waals surface area contributed by atoms with Gasteiger partial charge in [0.2, 0.25) is 0 Å². The second-order valence-corrected chi connectivity index (χ2v) is 5.82. The number of carbonyl (C=O) groups is 1. The topological polar surface area (TPSA) is 63.6 Å². The van der Waals surface area contributed by atoms with Crippen LogP contribution in [0.4, 0.5) is 4.39 Å². The van der Waals surface area contributed by atoms with Crippen LogP contribution in [0.5, 0.6) is 0 Å². The minimum Gasteiger partial charge on any atom is -0.478 e. The lowest BCUT2D eigenvalue weighted by Gasteiger charge is -2.21. The first-order valence-corrected chi connectivity index (χ1v) is 6.82. The maximum atomic E-state index is 13.2. The van der Waals surface area contributed by atoms with Crippen LogP contribution in [0.2, 0.25) is 0 Å². The molecule has 4 nitrogen and oxygen atoms in total. The summed E-state index contributed by atoms with van der Waals surface area (Å²) in [5, 5.41) is 8.67. The molecule has 1 aliphatic rings. The van der Waals surface area contributed by atoms with Crippen molar-refractivity contribution in [1.82, 2.24) is 0 Å². The zero-order valence-corrected chi connectivity index (χ0v) is 10.4. The molecule has 6 heteroatoms. The summed E-state index contributed by atoms with van der Waals surface area (Å²) >= 11 is 0. The fraction of sp³-hybridized carbons (Fsp3) is 0.417. The monoisotopic (exact) mass is 272 g/mol. The van der Waals surface area contributed by atoms with Crippen molar-refractivity contribution in [2.75, 3.05) is 13.2 Å². The second-order valence-electron chi connectivity index (χ2n) is 4.08. The molecule has 0 amide bonds. The van der Waals surface area contributed by atoms with Gasteiger partial charge in [0.25, 0.3) is 0 Å². The average Bonchev–Trinajstić information content (AvgIpc) is 2.39. The van der Waals surface area contributed by atoms with Gasteiger partial charge in [-0.3, -0.25) is 4.21 Å². The maximum absolute atomic E-state index is 13.2. The molecule has 1 aliphatic heterocycles. The number of carboxylic acid groups (broad SMARTS) is 1. The number of halogens is 1. The van der Waals surface area contributed by atoms with Gasteiger partial charge in [-0.15, -0.1) is 0 Å². The van der Waals surface area contributed by atoms with Gasteiger partial charge < -0.3 is 9.84 Å². The highest BCUT2D eigenvalue weighted by Gasteiger charge is 2.23. The normalized spacial score (nSPS) is 21.5. The summed E-state index contributed by atoms with van der Waals surface area (Å²) in [6.07, 6.45) is 1.61. The van der Waals surface area contributed by atoms with Gasteiger partial charge in [0, 0.05) is 11.5 Å². The Bertz CT molecular complexity index is 483. The quantitative estimate of drug-likeness (QED) is 0.911. The predicted octanol–water partition coefficient (Wildman–Crippen LogP) is 1.81. The van der Waals surface area contributed by atoms with E-state index >= 15 is 0 Å². The number of rotatable bonds is 3. The Labute approximate surface area is 106 Å². The first-order valence-electron chi connectivity index (χ1n) is 5.61. The van der Waals surface area contributed by atoms with Crippen LogP contribution in [-0.4, -0.2) is 33.7 Å². The first kappa shape index (κ1) is 13.2. The first-order chi connectivity index (χ1) is 8.59. The fourth-order valence-electron chi connectivity index (χ4n) is 1.87. The molecule has 1 heterocycles. The van der Waals surface area contributed by atoms with Crippen molar-refractivity contribution >= 4 is 16.8 Å². The zero-order valence-electron chi connectivity index (χ0n) is 9.60.